The number of hydrogen-bond acceptors (Lipinski definition) is 4. The highest BCUT2D eigenvalue weighted by Gasteiger charge is 2.12. The minimum absolute atomic E-state index is 0.0485. The molecule has 0 saturated carbocycles. The summed E-state index contributed by atoms with van der Waals surface area (Å²) in [4.78, 5) is 10.9. The highest BCUT2D eigenvalue weighted by atomic mass is 35.5. The van der Waals surface area contributed by atoms with Gasteiger partial charge in [-0.2, -0.15) is 0 Å². The van der Waals surface area contributed by atoms with Crippen molar-refractivity contribution in [3.8, 4) is 11.5 Å². The Labute approximate surface area is 172 Å². The Morgan fingerprint density at radius 1 is 1.07 bits per heavy atom. The largest absolute Gasteiger partial charge is 0.493 e. The highest BCUT2D eigenvalue weighted by Crippen LogP contribution is 2.34. The van der Waals surface area contributed by atoms with E-state index in [2.05, 4.69) is 5.32 Å². The van der Waals surface area contributed by atoms with Gasteiger partial charge in [-0.1, -0.05) is 29.8 Å². The van der Waals surface area contributed by atoms with Crippen molar-refractivity contribution in [2.24, 2.45) is 0 Å². The Kier molecular flexibility index (Phi) is 6.57. The number of hydrogen-bond donors (Lipinski definition) is 2. The third-order valence-electron chi connectivity index (χ3n) is 4.29. The van der Waals surface area contributed by atoms with Crippen LogP contribution in [0.5, 0.6) is 11.5 Å². The summed E-state index contributed by atoms with van der Waals surface area (Å²) in [5.74, 6) is -0.429. The van der Waals surface area contributed by atoms with E-state index in [0.717, 1.165) is 11.3 Å². The molecule has 0 aliphatic carbocycles. The molecule has 0 spiro atoms. The van der Waals surface area contributed by atoms with Crippen LogP contribution in [0.25, 0.3) is 0 Å². The van der Waals surface area contributed by atoms with E-state index in [9.17, 15) is 9.18 Å². The van der Waals surface area contributed by atoms with Gasteiger partial charge in [0.05, 0.1) is 12.7 Å². The van der Waals surface area contributed by atoms with Crippen LogP contribution in [0, 0.1) is 5.82 Å². The monoisotopic (exact) mass is 415 g/mol. The molecule has 0 radical (unpaired) electrons. The second-order valence-electron chi connectivity index (χ2n) is 6.21. The zero-order valence-corrected chi connectivity index (χ0v) is 16.4. The van der Waals surface area contributed by atoms with Gasteiger partial charge in [-0.3, -0.25) is 0 Å². The molecule has 0 atom stereocenters. The summed E-state index contributed by atoms with van der Waals surface area (Å²) in [5.41, 5.74) is 2.17. The lowest BCUT2D eigenvalue weighted by Crippen LogP contribution is -2.04. The van der Waals surface area contributed by atoms with E-state index in [1.165, 1.54) is 25.3 Å². The summed E-state index contributed by atoms with van der Waals surface area (Å²) in [6.45, 7) is 0.447. The van der Waals surface area contributed by atoms with Crippen molar-refractivity contribution < 1.29 is 23.8 Å². The van der Waals surface area contributed by atoms with E-state index in [0.29, 0.717) is 28.6 Å². The third-order valence-corrected chi connectivity index (χ3v) is 4.64. The lowest BCUT2D eigenvalue weighted by molar-refractivity contribution is 0.0697. The van der Waals surface area contributed by atoms with E-state index >= 15 is 0 Å². The van der Waals surface area contributed by atoms with Crippen LogP contribution in [0.1, 0.15) is 21.5 Å². The van der Waals surface area contributed by atoms with Gasteiger partial charge < -0.3 is 19.9 Å². The van der Waals surface area contributed by atoms with Gasteiger partial charge in [0.15, 0.2) is 11.5 Å². The maximum atomic E-state index is 13.8. The lowest BCUT2D eigenvalue weighted by atomic mass is 10.1. The van der Waals surface area contributed by atoms with Crippen LogP contribution in [0.4, 0.5) is 10.1 Å². The van der Waals surface area contributed by atoms with Gasteiger partial charge in [0.2, 0.25) is 0 Å². The van der Waals surface area contributed by atoms with E-state index in [4.69, 9.17) is 26.2 Å². The molecule has 3 aromatic rings. The highest BCUT2D eigenvalue weighted by molar-refractivity contribution is 6.31. The first kappa shape index (κ1) is 20.5. The summed E-state index contributed by atoms with van der Waals surface area (Å²) >= 11 is 6.38. The minimum atomic E-state index is -0.977. The minimum Gasteiger partial charge on any atom is -0.493 e. The molecule has 0 bridgehead atoms. The van der Waals surface area contributed by atoms with Crippen LogP contribution >= 0.6 is 11.6 Å². The Balaban J connectivity index is 1.70. The number of aromatic carboxylic acids is 1. The molecule has 0 amide bonds. The molecular weight excluding hydrogens is 397 g/mol. The first-order valence-electron chi connectivity index (χ1n) is 8.77. The number of halogens is 2. The normalized spacial score (nSPS) is 10.4. The molecule has 0 aliphatic heterocycles. The number of rotatable bonds is 8. The number of methoxy groups -OCH3 is 1. The van der Waals surface area contributed by atoms with Crippen LogP contribution in [-0.2, 0) is 13.2 Å². The fourth-order valence-electron chi connectivity index (χ4n) is 2.68. The number of carboxylic acid groups (broad SMARTS) is 1. The smallest absolute Gasteiger partial charge is 0.335 e. The van der Waals surface area contributed by atoms with Crippen LogP contribution in [0.15, 0.2) is 60.7 Å². The fraction of sp³-hybridized carbons (Fsp3) is 0.136. The van der Waals surface area contributed by atoms with Crippen molar-refractivity contribution in [1.29, 1.82) is 0 Å². The predicted octanol–water partition coefficient (Wildman–Crippen LogP) is 5.38. The molecule has 0 unspecified atom stereocenters. The van der Waals surface area contributed by atoms with Crippen molar-refractivity contribution in [2.45, 2.75) is 13.2 Å². The van der Waals surface area contributed by atoms with Gasteiger partial charge in [0.1, 0.15) is 12.4 Å². The lowest BCUT2D eigenvalue weighted by Gasteiger charge is -2.15. The molecule has 3 aromatic carbocycles. The first-order chi connectivity index (χ1) is 14.0. The Hall–Kier alpha value is -3.25. The van der Waals surface area contributed by atoms with Gasteiger partial charge in [-0.05, 0) is 42.0 Å². The average Bonchev–Trinajstić information content (AvgIpc) is 2.72. The topological polar surface area (TPSA) is 67.8 Å². The summed E-state index contributed by atoms with van der Waals surface area (Å²) < 4.78 is 24.9. The van der Waals surface area contributed by atoms with Crippen molar-refractivity contribution in [1.82, 2.24) is 0 Å². The zero-order valence-electron chi connectivity index (χ0n) is 15.6. The molecule has 0 fully saturated rings. The van der Waals surface area contributed by atoms with Crippen LogP contribution in [-0.4, -0.2) is 18.2 Å². The quantitative estimate of drug-likeness (QED) is 0.517. The summed E-state index contributed by atoms with van der Waals surface area (Å²) in [6, 6.07) is 16.2. The van der Waals surface area contributed by atoms with Crippen LogP contribution in [0.2, 0.25) is 5.02 Å². The van der Waals surface area contributed by atoms with Crippen molar-refractivity contribution in [2.75, 3.05) is 12.4 Å². The van der Waals surface area contributed by atoms with Crippen molar-refractivity contribution in [3.05, 3.63) is 88.2 Å². The molecule has 7 heteroatoms. The molecule has 0 aromatic heterocycles. The Morgan fingerprint density at radius 2 is 1.79 bits per heavy atom. The molecule has 2 N–H and O–H groups in total. The van der Waals surface area contributed by atoms with Gasteiger partial charge in [0, 0.05) is 28.9 Å². The van der Waals surface area contributed by atoms with Gasteiger partial charge >= 0.3 is 5.97 Å². The Morgan fingerprint density at radius 3 is 2.45 bits per heavy atom. The molecular formula is C22H19ClFNO4. The molecule has 3 rings (SSSR count). The molecule has 0 heterocycles. The summed E-state index contributed by atoms with van der Waals surface area (Å²) in [5, 5.41) is 12.6. The number of carbonyl (C=O) groups is 1. The third kappa shape index (κ3) is 5.18. The van der Waals surface area contributed by atoms with Crippen molar-refractivity contribution in [3.63, 3.8) is 0 Å². The van der Waals surface area contributed by atoms with Crippen LogP contribution < -0.4 is 14.8 Å². The predicted molar refractivity (Wildman–Crippen MR) is 109 cm³/mol. The molecule has 5 nitrogen and oxygen atoms in total. The molecule has 29 heavy (non-hydrogen) atoms. The van der Waals surface area contributed by atoms with Gasteiger partial charge in [-0.25, -0.2) is 9.18 Å². The molecule has 0 saturated heterocycles. The standard InChI is InChI=1S/C22H19ClFNO4/c1-28-20-10-16(12-25-17-8-6-14(7-9-17)22(26)27)18(23)11-21(20)29-13-15-4-2-3-5-19(15)24/h2-11,25H,12-13H2,1H3,(H,26,27). The second kappa shape index (κ2) is 9.30. The van der Waals surface area contributed by atoms with Gasteiger partial charge in [-0.15, -0.1) is 0 Å². The van der Waals surface area contributed by atoms with E-state index in [1.54, 1.807) is 42.5 Å². The SMILES string of the molecule is COc1cc(CNc2ccc(C(=O)O)cc2)c(Cl)cc1OCc1ccccc1F. The number of carboxylic acids is 1. The fourth-order valence-corrected chi connectivity index (χ4v) is 2.90. The molecule has 150 valence electrons. The zero-order chi connectivity index (χ0) is 20.8. The van der Waals surface area contributed by atoms with Crippen molar-refractivity contribution >= 4 is 23.3 Å². The van der Waals surface area contributed by atoms with E-state index in [1.807, 2.05) is 0 Å². The number of anilines is 1. The first-order valence-corrected chi connectivity index (χ1v) is 9.15. The molecule has 0 aliphatic rings. The summed E-state index contributed by atoms with van der Waals surface area (Å²) in [7, 11) is 1.51. The second-order valence-corrected chi connectivity index (χ2v) is 6.62. The van der Waals surface area contributed by atoms with Gasteiger partial charge in [0.25, 0.3) is 0 Å². The Bertz CT molecular complexity index is 1010. The maximum Gasteiger partial charge on any atom is 0.335 e. The number of benzene rings is 3. The van der Waals surface area contributed by atoms with Crippen LogP contribution in [0.3, 0.4) is 0 Å². The average molecular weight is 416 g/mol. The van der Waals surface area contributed by atoms with E-state index < -0.39 is 5.97 Å². The summed E-state index contributed by atoms with van der Waals surface area (Å²) in [6.07, 6.45) is 0. The number of nitrogens with one attached hydrogen (secondary N) is 1. The number of ether oxygens (including phenoxy) is 2. The maximum absolute atomic E-state index is 13.8. The van der Waals surface area contributed by atoms with E-state index in [-0.39, 0.29) is 18.0 Å².